The van der Waals surface area contributed by atoms with Crippen molar-refractivity contribution in [3.63, 3.8) is 0 Å². The highest BCUT2D eigenvalue weighted by Crippen LogP contribution is 2.24. The number of hydrogen-bond donors (Lipinski definition) is 1. The van der Waals surface area contributed by atoms with Crippen molar-refractivity contribution in [2.24, 2.45) is 0 Å². The van der Waals surface area contributed by atoms with Crippen LogP contribution in [0.5, 0.6) is 0 Å². The van der Waals surface area contributed by atoms with Crippen LogP contribution in [0.3, 0.4) is 0 Å². The highest BCUT2D eigenvalue weighted by Gasteiger charge is 2.41. The Morgan fingerprint density at radius 3 is 2.60 bits per heavy atom. The predicted molar refractivity (Wildman–Crippen MR) is 67.2 cm³/mol. The Kier molecular flexibility index (Phi) is 6.42. The van der Waals surface area contributed by atoms with Gasteiger partial charge in [0, 0.05) is 0 Å². The summed E-state index contributed by atoms with van der Waals surface area (Å²) in [7, 11) is 0. The van der Waals surface area contributed by atoms with Gasteiger partial charge in [-0.1, -0.05) is 37.6 Å². The molecule has 1 N–H and O–H groups in total. The molecular formula is C14H18F4O2. The number of alkyl halides is 4. The summed E-state index contributed by atoms with van der Waals surface area (Å²) < 4.78 is 53.5. The van der Waals surface area contributed by atoms with Crippen LogP contribution < -0.4 is 0 Å². The van der Waals surface area contributed by atoms with Crippen LogP contribution in [0.2, 0.25) is 0 Å². The molecule has 0 aliphatic rings. The van der Waals surface area contributed by atoms with Crippen molar-refractivity contribution in [3.8, 4) is 0 Å². The van der Waals surface area contributed by atoms with Crippen LogP contribution in [-0.2, 0) is 11.2 Å². The molecule has 1 aromatic rings. The zero-order valence-corrected chi connectivity index (χ0v) is 11.2. The van der Waals surface area contributed by atoms with Crippen molar-refractivity contribution in [3.05, 3.63) is 35.4 Å². The number of rotatable bonds is 8. The molecule has 0 amide bonds. The van der Waals surface area contributed by atoms with Crippen molar-refractivity contribution in [2.75, 3.05) is 13.2 Å². The highest BCUT2D eigenvalue weighted by molar-refractivity contribution is 5.25. The lowest BCUT2D eigenvalue weighted by Crippen LogP contribution is -2.33. The van der Waals surface area contributed by atoms with E-state index >= 15 is 0 Å². The van der Waals surface area contributed by atoms with Gasteiger partial charge in [-0.2, -0.15) is 8.78 Å². The Morgan fingerprint density at radius 1 is 1.30 bits per heavy atom. The van der Waals surface area contributed by atoms with Gasteiger partial charge in [0.2, 0.25) is 0 Å². The first-order valence-electron chi connectivity index (χ1n) is 6.37. The number of ether oxygens (including phenoxy) is 1. The second-order valence-electron chi connectivity index (χ2n) is 4.59. The van der Waals surface area contributed by atoms with Crippen LogP contribution in [0, 0.1) is 0 Å². The summed E-state index contributed by atoms with van der Waals surface area (Å²) in [6, 6.07) is 7.03. The molecule has 1 aromatic carbocycles. The SMILES string of the molecule is CCCc1cccc(C(O)COCC(F)(F)C(F)F)c1. The fourth-order valence-electron chi connectivity index (χ4n) is 1.71. The highest BCUT2D eigenvalue weighted by atomic mass is 19.3. The summed E-state index contributed by atoms with van der Waals surface area (Å²) in [4.78, 5) is 0. The predicted octanol–water partition coefficient (Wildman–Crippen LogP) is 3.59. The Balaban J connectivity index is 2.50. The fourth-order valence-corrected chi connectivity index (χ4v) is 1.71. The molecule has 0 aromatic heterocycles. The molecule has 114 valence electrons. The smallest absolute Gasteiger partial charge is 0.330 e. The monoisotopic (exact) mass is 294 g/mol. The molecule has 1 atom stereocenters. The molecule has 1 unspecified atom stereocenters. The van der Waals surface area contributed by atoms with Gasteiger partial charge in [-0.15, -0.1) is 0 Å². The van der Waals surface area contributed by atoms with Gasteiger partial charge in [-0.25, -0.2) is 8.78 Å². The van der Waals surface area contributed by atoms with Crippen molar-refractivity contribution >= 4 is 0 Å². The molecule has 0 heterocycles. The summed E-state index contributed by atoms with van der Waals surface area (Å²) in [6.45, 7) is 0.160. The maximum absolute atomic E-state index is 12.6. The lowest BCUT2D eigenvalue weighted by atomic mass is 10.0. The van der Waals surface area contributed by atoms with Crippen LogP contribution in [0.1, 0.15) is 30.6 Å². The summed E-state index contributed by atoms with van der Waals surface area (Å²) in [5, 5.41) is 9.79. The molecule has 0 saturated carbocycles. The molecule has 0 fully saturated rings. The Labute approximate surface area is 115 Å². The van der Waals surface area contributed by atoms with Gasteiger partial charge in [-0.05, 0) is 17.5 Å². The molecule has 0 spiro atoms. The van der Waals surface area contributed by atoms with Gasteiger partial charge < -0.3 is 9.84 Å². The summed E-state index contributed by atoms with van der Waals surface area (Å²) in [5.41, 5.74) is 1.54. The summed E-state index contributed by atoms with van der Waals surface area (Å²) >= 11 is 0. The third-order valence-corrected chi connectivity index (χ3v) is 2.76. The minimum atomic E-state index is -4.19. The topological polar surface area (TPSA) is 29.5 Å². The van der Waals surface area contributed by atoms with Crippen LogP contribution in [-0.4, -0.2) is 30.7 Å². The zero-order chi connectivity index (χ0) is 15.2. The van der Waals surface area contributed by atoms with Gasteiger partial charge >= 0.3 is 12.3 Å². The van der Waals surface area contributed by atoms with Gasteiger partial charge in [-0.3, -0.25) is 0 Å². The largest absolute Gasteiger partial charge is 0.386 e. The molecule has 2 nitrogen and oxygen atoms in total. The number of aliphatic hydroxyl groups is 1. The number of aryl methyl sites for hydroxylation is 1. The van der Waals surface area contributed by atoms with E-state index in [0.29, 0.717) is 5.56 Å². The van der Waals surface area contributed by atoms with E-state index in [1.807, 2.05) is 13.0 Å². The average Bonchev–Trinajstić information content (AvgIpc) is 2.39. The lowest BCUT2D eigenvalue weighted by Gasteiger charge is -2.17. The van der Waals surface area contributed by atoms with Gasteiger partial charge in [0.05, 0.1) is 6.61 Å². The molecule has 20 heavy (non-hydrogen) atoms. The first-order valence-corrected chi connectivity index (χ1v) is 6.37. The van der Waals surface area contributed by atoms with E-state index in [1.54, 1.807) is 18.2 Å². The summed E-state index contributed by atoms with van der Waals surface area (Å²) in [5.74, 6) is -4.19. The Morgan fingerprint density at radius 2 is 2.00 bits per heavy atom. The fraction of sp³-hybridized carbons (Fsp3) is 0.571. The summed E-state index contributed by atoms with van der Waals surface area (Å²) in [6.07, 6.45) is -3.10. The maximum Gasteiger partial charge on any atom is 0.330 e. The van der Waals surface area contributed by atoms with Crippen molar-refractivity contribution in [1.82, 2.24) is 0 Å². The molecule has 1 rings (SSSR count). The van der Waals surface area contributed by atoms with Crippen LogP contribution in [0.4, 0.5) is 17.6 Å². The first-order chi connectivity index (χ1) is 9.36. The molecule has 6 heteroatoms. The molecule has 0 radical (unpaired) electrons. The molecule has 0 aliphatic carbocycles. The number of benzene rings is 1. The Bertz CT molecular complexity index is 410. The number of halogens is 4. The minimum absolute atomic E-state index is 0.447. The molecular weight excluding hydrogens is 276 g/mol. The van der Waals surface area contributed by atoms with Crippen molar-refractivity contribution in [1.29, 1.82) is 0 Å². The standard InChI is InChI=1S/C14H18F4O2/c1-2-4-10-5-3-6-11(7-10)12(19)8-20-9-14(17,18)13(15)16/h3,5-7,12-13,19H,2,4,8-9H2,1H3. The molecule has 0 bridgehead atoms. The van der Waals surface area contributed by atoms with Gasteiger partial charge in [0.1, 0.15) is 12.7 Å². The van der Waals surface area contributed by atoms with E-state index in [1.165, 1.54) is 0 Å². The first kappa shape index (κ1) is 16.9. The third-order valence-electron chi connectivity index (χ3n) is 2.76. The zero-order valence-electron chi connectivity index (χ0n) is 11.2. The van der Waals surface area contributed by atoms with Crippen molar-refractivity contribution < 1.29 is 27.4 Å². The number of hydrogen-bond acceptors (Lipinski definition) is 2. The number of aliphatic hydroxyl groups excluding tert-OH is 1. The van der Waals surface area contributed by atoms with E-state index in [4.69, 9.17) is 0 Å². The minimum Gasteiger partial charge on any atom is -0.386 e. The van der Waals surface area contributed by atoms with Gasteiger partial charge in [0.15, 0.2) is 0 Å². The van der Waals surface area contributed by atoms with Crippen LogP contribution in [0.25, 0.3) is 0 Å². The average molecular weight is 294 g/mol. The van der Waals surface area contributed by atoms with Crippen LogP contribution >= 0.6 is 0 Å². The van der Waals surface area contributed by atoms with E-state index in [0.717, 1.165) is 18.4 Å². The molecule has 0 aliphatic heterocycles. The van der Waals surface area contributed by atoms with E-state index in [9.17, 15) is 22.7 Å². The van der Waals surface area contributed by atoms with E-state index in [-0.39, 0.29) is 0 Å². The third kappa shape index (κ3) is 5.09. The quantitative estimate of drug-likeness (QED) is 0.742. The maximum atomic E-state index is 12.6. The van der Waals surface area contributed by atoms with E-state index in [2.05, 4.69) is 4.74 Å². The normalized spacial score (nSPS) is 13.8. The van der Waals surface area contributed by atoms with E-state index < -0.39 is 31.7 Å². The lowest BCUT2D eigenvalue weighted by molar-refractivity contribution is -0.170. The van der Waals surface area contributed by atoms with Gasteiger partial charge in [0.25, 0.3) is 0 Å². The van der Waals surface area contributed by atoms with Crippen molar-refractivity contribution in [2.45, 2.75) is 38.2 Å². The van der Waals surface area contributed by atoms with Crippen LogP contribution in [0.15, 0.2) is 24.3 Å². The second-order valence-corrected chi connectivity index (χ2v) is 4.59. The second kappa shape index (κ2) is 7.59. The molecule has 0 saturated heterocycles. The Hall–Kier alpha value is -1.14.